The number of aryl methyl sites for hydroxylation is 1. The molecule has 1 aromatic rings. The van der Waals surface area contributed by atoms with Crippen LogP contribution in [0.5, 0.6) is 0 Å². The molecule has 6 heteroatoms. The molecule has 19 heavy (non-hydrogen) atoms. The summed E-state index contributed by atoms with van der Waals surface area (Å²) in [4.78, 5) is 11.6. The molecule has 0 radical (unpaired) electrons. The van der Waals surface area contributed by atoms with Gasteiger partial charge in [0.1, 0.15) is 0 Å². The van der Waals surface area contributed by atoms with Crippen LogP contribution in [0.2, 0.25) is 0 Å². The van der Waals surface area contributed by atoms with E-state index in [1.54, 1.807) is 0 Å². The van der Waals surface area contributed by atoms with Crippen molar-refractivity contribution in [2.24, 2.45) is 5.73 Å². The lowest BCUT2D eigenvalue weighted by Gasteiger charge is -2.13. The maximum absolute atomic E-state index is 12.7. The normalized spacial score (nSPS) is 13.2. The Morgan fingerprint density at radius 3 is 2.58 bits per heavy atom. The highest BCUT2D eigenvalue weighted by Gasteiger charge is 2.32. The van der Waals surface area contributed by atoms with Crippen LogP contribution >= 0.6 is 0 Å². The van der Waals surface area contributed by atoms with Crippen molar-refractivity contribution in [3.8, 4) is 0 Å². The fraction of sp³-hybridized carbons (Fsp3) is 0.462. The van der Waals surface area contributed by atoms with E-state index in [4.69, 9.17) is 5.73 Å². The smallest absolute Gasteiger partial charge is 0.327 e. The third kappa shape index (κ3) is 4.55. The van der Waals surface area contributed by atoms with Gasteiger partial charge < -0.3 is 11.1 Å². The summed E-state index contributed by atoms with van der Waals surface area (Å²) in [5.41, 5.74) is 5.12. The molecule has 1 amide bonds. The molecule has 106 valence electrons. The van der Waals surface area contributed by atoms with Gasteiger partial charge in [-0.15, -0.1) is 0 Å². The minimum Gasteiger partial charge on any atom is -0.327 e. The van der Waals surface area contributed by atoms with Gasteiger partial charge in [-0.3, -0.25) is 4.79 Å². The topological polar surface area (TPSA) is 55.1 Å². The van der Waals surface area contributed by atoms with Crippen LogP contribution in [-0.4, -0.2) is 11.9 Å². The van der Waals surface area contributed by atoms with Crippen molar-refractivity contribution in [1.29, 1.82) is 0 Å². The van der Waals surface area contributed by atoms with Crippen molar-refractivity contribution in [3.05, 3.63) is 29.3 Å². The first-order valence-corrected chi connectivity index (χ1v) is 5.97. The van der Waals surface area contributed by atoms with Crippen molar-refractivity contribution in [2.45, 2.75) is 38.9 Å². The molecular formula is C13H17F3N2O. The van der Waals surface area contributed by atoms with Gasteiger partial charge in [-0.1, -0.05) is 13.0 Å². The Labute approximate surface area is 110 Å². The zero-order chi connectivity index (χ0) is 14.6. The van der Waals surface area contributed by atoms with E-state index in [9.17, 15) is 18.0 Å². The molecule has 0 bridgehead atoms. The summed E-state index contributed by atoms with van der Waals surface area (Å²) in [6.45, 7) is 3.22. The van der Waals surface area contributed by atoms with Gasteiger partial charge in [0.05, 0.1) is 5.56 Å². The Balaban J connectivity index is 2.83. The minimum atomic E-state index is -4.43. The van der Waals surface area contributed by atoms with Crippen LogP contribution in [0.25, 0.3) is 0 Å². The monoisotopic (exact) mass is 274 g/mol. The molecule has 1 aromatic carbocycles. The van der Waals surface area contributed by atoms with E-state index >= 15 is 0 Å². The average Bonchev–Trinajstić information content (AvgIpc) is 2.29. The van der Waals surface area contributed by atoms with E-state index in [2.05, 4.69) is 5.32 Å². The van der Waals surface area contributed by atoms with Gasteiger partial charge in [-0.2, -0.15) is 13.2 Å². The molecule has 0 aromatic heterocycles. The largest absolute Gasteiger partial charge is 0.416 e. The lowest BCUT2D eigenvalue weighted by Crippen LogP contribution is -2.26. The third-order valence-electron chi connectivity index (χ3n) is 2.80. The van der Waals surface area contributed by atoms with Crippen LogP contribution in [0.1, 0.15) is 30.9 Å². The molecule has 0 aliphatic rings. The van der Waals surface area contributed by atoms with Gasteiger partial charge in [0, 0.05) is 18.2 Å². The molecule has 3 N–H and O–H groups in total. The number of anilines is 1. The third-order valence-corrected chi connectivity index (χ3v) is 2.80. The second kappa shape index (κ2) is 6.06. The van der Waals surface area contributed by atoms with E-state index in [1.807, 2.05) is 6.92 Å². The van der Waals surface area contributed by atoms with E-state index < -0.39 is 11.7 Å². The number of nitrogens with one attached hydrogen (secondary N) is 1. The SMILES string of the molecule is CCC(N)CC(=O)Nc1ccc(C)c(C(F)(F)F)c1. The van der Waals surface area contributed by atoms with E-state index in [0.717, 1.165) is 6.07 Å². The van der Waals surface area contributed by atoms with Gasteiger partial charge in [-0.05, 0) is 31.0 Å². The highest BCUT2D eigenvalue weighted by molar-refractivity contribution is 5.91. The molecule has 0 aliphatic heterocycles. The quantitative estimate of drug-likeness (QED) is 0.886. The predicted octanol–water partition coefficient (Wildman–Crippen LogP) is 3.08. The summed E-state index contributed by atoms with van der Waals surface area (Å²) in [7, 11) is 0. The Morgan fingerprint density at radius 1 is 1.42 bits per heavy atom. The number of carbonyl (C=O) groups is 1. The lowest BCUT2D eigenvalue weighted by atomic mass is 10.1. The predicted molar refractivity (Wildman–Crippen MR) is 67.7 cm³/mol. The highest BCUT2D eigenvalue weighted by Crippen LogP contribution is 2.33. The molecule has 0 fully saturated rings. The average molecular weight is 274 g/mol. The number of nitrogens with two attached hydrogens (primary N) is 1. The number of hydrogen-bond acceptors (Lipinski definition) is 2. The molecule has 1 atom stereocenters. The fourth-order valence-electron chi connectivity index (χ4n) is 1.60. The highest BCUT2D eigenvalue weighted by atomic mass is 19.4. The fourth-order valence-corrected chi connectivity index (χ4v) is 1.60. The summed E-state index contributed by atoms with van der Waals surface area (Å²) >= 11 is 0. The Bertz CT molecular complexity index is 458. The number of benzene rings is 1. The summed E-state index contributed by atoms with van der Waals surface area (Å²) in [6.07, 6.45) is -3.70. The van der Waals surface area contributed by atoms with Crippen LogP contribution in [-0.2, 0) is 11.0 Å². The summed E-state index contributed by atoms with van der Waals surface area (Å²) < 4.78 is 38.1. The van der Waals surface area contributed by atoms with Crippen LogP contribution in [0.4, 0.5) is 18.9 Å². The van der Waals surface area contributed by atoms with Crippen molar-refractivity contribution >= 4 is 11.6 Å². The minimum absolute atomic E-state index is 0.0890. The van der Waals surface area contributed by atoms with Gasteiger partial charge >= 0.3 is 6.18 Å². The van der Waals surface area contributed by atoms with Gasteiger partial charge in [0.2, 0.25) is 5.91 Å². The molecule has 1 unspecified atom stereocenters. The van der Waals surface area contributed by atoms with Crippen LogP contribution in [0.15, 0.2) is 18.2 Å². The summed E-state index contributed by atoms with van der Waals surface area (Å²) in [5.74, 6) is -0.383. The molecule has 0 heterocycles. The van der Waals surface area contributed by atoms with Gasteiger partial charge in [0.25, 0.3) is 0 Å². The van der Waals surface area contributed by atoms with Crippen molar-refractivity contribution in [3.63, 3.8) is 0 Å². The Hall–Kier alpha value is -1.56. The van der Waals surface area contributed by atoms with Crippen molar-refractivity contribution in [2.75, 3.05) is 5.32 Å². The number of amides is 1. The van der Waals surface area contributed by atoms with Crippen LogP contribution in [0, 0.1) is 6.92 Å². The molecule has 0 saturated carbocycles. The van der Waals surface area contributed by atoms with E-state index in [1.165, 1.54) is 19.1 Å². The Kier molecular flexibility index (Phi) is 4.94. The molecular weight excluding hydrogens is 257 g/mol. The molecule has 0 aliphatic carbocycles. The standard InChI is InChI=1S/C13H17F3N2O/c1-3-9(17)6-12(19)18-10-5-4-8(2)11(7-10)13(14,15)16/h4-5,7,9H,3,6,17H2,1-2H3,(H,18,19). The maximum atomic E-state index is 12.7. The molecule has 3 nitrogen and oxygen atoms in total. The maximum Gasteiger partial charge on any atom is 0.416 e. The number of hydrogen-bond donors (Lipinski definition) is 2. The molecule has 0 spiro atoms. The second-order valence-corrected chi connectivity index (χ2v) is 4.45. The van der Waals surface area contributed by atoms with Gasteiger partial charge in [-0.25, -0.2) is 0 Å². The zero-order valence-corrected chi connectivity index (χ0v) is 10.8. The Morgan fingerprint density at radius 2 is 2.05 bits per heavy atom. The molecule has 1 rings (SSSR count). The number of halogens is 3. The van der Waals surface area contributed by atoms with Crippen molar-refractivity contribution < 1.29 is 18.0 Å². The zero-order valence-electron chi connectivity index (χ0n) is 10.8. The van der Waals surface area contributed by atoms with E-state index in [-0.39, 0.29) is 29.6 Å². The number of rotatable bonds is 4. The second-order valence-electron chi connectivity index (χ2n) is 4.45. The number of carbonyl (C=O) groups excluding carboxylic acids is 1. The van der Waals surface area contributed by atoms with Crippen LogP contribution in [0.3, 0.4) is 0 Å². The first-order chi connectivity index (χ1) is 8.74. The van der Waals surface area contributed by atoms with Crippen LogP contribution < -0.4 is 11.1 Å². The first-order valence-electron chi connectivity index (χ1n) is 5.97. The van der Waals surface area contributed by atoms with E-state index in [0.29, 0.717) is 6.42 Å². The summed E-state index contributed by atoms with van der Waals surface area (Å²) in [5, 5.41) is 2.43. The number of alkyl halides is 3. The first kappa shape index (κ1) is 15.5. The molecule has 0 saturated heterocycles. The lowest BCUT2D eigenvalue weighted by molar-refractivity contribution is -0.138. The summed E-state index contributed by atoms with van der Waals surface area (Å²) in [6, 6.07) is 3.43. The van der Waals surface area contributed by atoms with Crippen molar-refractivity contribution in [1.82, 2.24) is 0 Å². The van der Waals surface area contributed by atoms with Gasteiger partial charge in [0.15, 0.2) is 0 Å².